The summed E-state index contributed by atoms with van der Waals surface area (Å²) in [5.41, 5.74) is 0.776. The van der Waals surface area contributed by atoms with Crippen LogP contribution in [0.15, 0.2) is 15.4 Å². The van der Waals surface area contributed by atoms with Crippen LogP contribution in [0.2, 0.25) is 0 Å². The molecule has 7 nitrogen and oxygen atoms in total. The summed E-state index contributed by atoms with van der Waals surface area (Å²) >= 11 is 1.48. The number of fused-ring (bicyclic) bond motifs is 3. The van der Waals surface area contributed by atoms with E-state index >= 15 is 0 Å². The van der Waals surface area contributed by atoms with Gasteiger partial charge in [-0.05, 0) is 31.2 Å². The number of aromatic amines is 1. The number of nitrogens with zero attached hydrogens (tertiary/aromatic N) is 3. The van der Waals surface area contributed by atoms with Crippen molar-refractivity contribution in [1.82, 2.24) is 15.0 Å². The molecule has 0 spiro atoms. The Morgan fingerprint density at radius 3 is 2.96 bits per heavy atom. The van der Waals surface area contributed by atoms with Crippen LogP contribution in [0.5, 0.6) is 0 Å². The van der Waals surface area contributed by atoms with E-state index < -0.39 is 11.7 Å². The van der Waals surface area contributed by atoms with Crippen molar-refractivity contribution in [3.8, 4) is 6.07 Å². The van der Waals surface area contributed by atoms with E-state index in [4.69, 9.17) is 4.42 Å². The van der Waals surface area contributed by atoms with Crippen molar-refractivity contribution in [1.29, 1.82) is 5.26 Å². The van der Waals surface area contributed by atoms with Crippen molar-refractivity contribution >= 4 is 27.3 Å². The monoisotopic (exact) mass is 354 g/mol. The number of rotatable bonds is 3. The lowest BCUT2D eigenvalue weighted by atomic mass is 9.97. The smallest absolute Gasteiger partial charge is 0.259 e. The normalized spacial score (nSPS) is 14.9. The Labute approximate surface area is 146 Å². The second kappa shape index (κ2) is 5.93. The Morgan fingerprint density at radius 1 is 1.44 bits per heavy atom. The maximum atomic E-state index is 12.6. The number of hydrogen-bond acceptors (Lipinski definition) is 7. The summed E-state index contributed by atoms with van der Waals surface area (Å²) in [7, 11) is 0. The van der Waals surface area contributed by atoms with Crippen LogP contribution in [-0.2, 0) is 12.8 Å². The van der Waals surface area contributed by atoms with E-state index in [0.29, 0.717) is 16.1 Å². The van der Waals surface area contributed by atoms with Crippen molar-refractivity contribution in [2.45, 2.75) is 38.5 Å². The molecule has 0 aliphatic heterocycles. The standard InChI is InChI=1S/C17H14N4O3S/c1-8-19-7-11(24-8)14(22)10(6-18)15-20-16(23)13-9-4-2-3-5-12(9)25-17(13)21-15/h7,10H,2-5H2,1H3,(H,20,21,23). The molecule has 4 rings (SSSR count). The molecule has 0 amide bonds. The van der Waals surface area contributed by atoms with E-state index in [1.54, 1.807) is 6.92 Å². The van der Waals surface area contributed by atoms with Gasteiger partial charge in [-0.1, -0.05) is 0 Å². The fourth-order valence-corrected chi connectivity index (χ4v) is 4.45. The molecule has 0 radical (unpaired) electrons. The molecule has 3 heterocycles. The van der Waals surface area contributed by atoms with Gasteiger partial charge in [-0.15, -0.1) is 11.3 Å². The number of nitrogens with one attached hydrogen (secondary N) is 1. The zero-order valence-corrected chi connectivity index (χ0v) is 14.3. The molecule has 0 saturated carbocycles. The first-order chi connectivity index (χ1) is 12.1. The number of thiophene rings is 1. The maximum Gasteiger partial charge on any atom is 0.259 e. The van der Waals surface area contributed by atoms with Crippen LogP contribution in [-0.4, -0.2) is 20.7 Å². The van der Waals surface area contributed by atoms with Gasteiger partial charge in [0, 0.05) is 11.8 Å². The van der Waals surface area contributed by atoms with Gasteiger partial charge in [0.2, 0.25) is 5.78 Å². The Morgan fingerprint density at radius 2 is 2.24 bits per heavy atom. The molecular weight excluding hydrogens is 340 g/mol. The number of aryl methyl sites for hydroxylation is 3. The van der Waals surface area contributed by atoms with Gasteiger partial charge in [-0.2, -0.15) is 5.26 Å². The van der Waals surface area contributed by atoms with E-state index in [1.165, 1.54) is 22.4 Å². The fourth-order valence-electron chi connectivity index (χ4n) is 3.18. The topological polar surface area (TPSA) is 113 Å². The highest BCUT2D eigenvalue weighted by Gasteiger charge is 2.29. The van der Waals surface area contributed by atoms with Crippen molar-refractivity contribution in [2.75, 3.05) is 0 Å². The third-order valence-electron chi connectivity index (χ3n) is 4.37. The summed E-state index contributed by atoms with van der Waals surface area (Å²) in [5.74, 6) is -1.42. The number of carbonyl (C=O) groups excluding carboxylic acids is 1. The average Bonchev–Trinajstić information content (AvgIpc) is 3.18. The molecule has 1 aliphatic rings. The minimum atomic E-state index is -1.23. The summed E-state index contributed by atoms with van der Waals surface area (Å²) < 4.78 is 5.20. The van der Waals surface area contributed by atoms with Crippen LogP contribution in [0.3, 0.4) is 0 Å². The Balaban J connectivity index is 1.81. The first-order valence-electron chi connectivity index (χ1n) is 7.99. The number of aromatic nitrogens is 3. The molecule has 1 N–H and O–H groups in total. The summed E-state index contributed by atoms with van der Waals surface area (Å²) in [5, 5.41) is 10.1. The van der Waals surface area contributed by atoms with E-state index in [9.17, 15) is 14.9 Å². The second-order valence-corrected chi connectivity index (χ2v) is 7.10. The van der Waals surface area contributed by atoms with E-state index in [-0.39, 0.29) is 17.1 Å². The predicted molar refractivity (Wildman–Crippen MR) is 90.8 cm³/mol. The zero-order chi connectivity index (χ0) is 17.6. The number of nitriles is 1. The van der Waals surface area contributed by atoms with Gasteiger partial charge in [0.15, 0.2) is 17.6 Å². The molecule has 0 aromatic carbocycles. The Hall–Kier alpha value is -2.79. The number of carbonyl (C=O) groups is 1. The SMILES string of the molecule is Cc1ncc(C(=O)C(C#N)c2nc3sc4c(c3c(=O)[nH]2)CCCC4)o1. The van der Waals surface area contributed by atoms with Gasteiger partial charge in [0.1, 0.15) is 10.7 Å². The molecule has 126 valence electrons. The third-order valence-corrected chi connectivity index (χ3v) is 5.56. The number of H-pyrrole nitrogens is 1. The van der Waals surface area contributed by atoms with Crippen molar-refractivity contribution in [3.05, 3.63) is 44.5 Å². The van der Waals surface area contributed by atoms with E-state index in [1.807, 2.05) is 6.07 Å². The van der Waals surface area contributed by atoms with Crippen LogP contribution < -0.4 is 5.56 Å². The van der Waals surface area contributed by atoms with Crippen LogP contribution in [0.25, 0.3) is 10.2 Å². The molecule has 1 aliphatic carbocycles. The molecule has 0 saturated heterocycles. The van der Waals surface area contributed by atoms with E-state index in [0.717, 1.165) is 31.2 Å². The molecule has 0 bridgehead atoms. The predicted octanol–water partition coefficient (Wildman–Crippen LogP) is 2.65. The summed E-state index contributed by atoms with van der Waals surface area (Å²) in [6.45, 7) is 1.61. The maximum absolute atomic E-state index is 12.6. The molecule has 25 heavy (non-hydrogen) atoms. The van der Waals surface area contributed by atoms with Crippen LogP contribution in [0.1, 0.15) is 51.5 Å². The molecule has 1 atom stereocenters. The first-order valence-corrected chi connectivity index (χ1v) is 8.81. The van der Waals surface area contributed by atoms with Gasteiger partial charge in [0.25, 0.3) is 5.56 Å². The average molecular weight is 354 g/mol. The quantitative estimate of drug-likeness (QED) is 0.724. The van der Waals surface area contributed by atoms with Gasteiger partial charge in [-0.3, -0.25) is 9.59 Å². The van der Waals surface area contributed by atoms with Crippen molar-refractivity contribution in [3.63, 3.8) is 0 Å². The first kappa shape index (κ1) is 15.7. The molecule has 3 aromatic rings. The third kappa shape index (κ3) is 2.57. The lowest BCUT2D eigenvalue weighted by molar-refractivity contribution is 0.0948. The second-order valence-electron chi connectivity index (χ2n) is 6.01. The number of oxazole rings is 1. The largest absolute Gasteiger partial charge is 0.438 e. The fraction of sp³-hybridized carbons (Fsp3) is 0.353. The molecular formula is C17H14N4O3S. The molecule has 1 unspecified atom stereocenters. The Bertz CT molecular complexity index is 1090. The van der Waals surface area contributed by atoms with Gasteiger partial charge >= 0.3 is 0 Å². The summed E-state index contributed by atoms with van der Waals surface area (Å²) in [6.07, 6.45) is 5.27. The summed E-state index contributed by atoms with van der Waals surface area (Å²) in [4.78, 5) is 37.8. The lowest BCUT2D eigenvalue weighted by Crippen LogP contribution is -2.19. The highest BCUT2D eigenvalue weighted by Crippen LogP contribution is 2.34. The minimum Gasteiger partial charge on any atom is -0.438 e. The molecule has 3 aromatic heterocycles. The lowest BCUT2D eigenvalue weighted by Gasteiger charge is -2.09. The zero-order valence-electron chi connectivity index (χ0n) is 13.5. The summed E-state index contributed by atoms with van der Waals surface area (Å²) in [6, 6.07) is 1.91. The minimum absolute atomic E-state index is 0.0164. The number of hydrogen-bond donors (Lipinski definition) is 1. The number of ketones is 1. The van der Waals surface area contributed by atoms with Gasteiger partial charge in [-0.25, -0.2) is 9.97 Å². The van der Waals surface area contributed by atoms with Crippen LogP contribution >= 0.6 is 11.3 Å². The highest BCUT2D eigenvalue weighted by molar-refractivity contribution is 7.18. The van der Waals surface area contributed by atoms with Crippen LogP contribution in [0, 0.1) is 18.3 Å². The van der Waals surface area contributed by atoms with Gasteiger partial charge < -0.3 is 9.40 Å². The van der Waals surface area contributed by atoms with Gasteiger partial charge in [0.05, 0.1) is 17.7 Å². The molecule has 8 heteroatoms. The van der Waals surface area contributed by atoms with E-state index in [2.05, 4.69) is 15.0 Å². The highest BCUT2D eigenvalue weighted by atomic mass is 32.1. The van der Waals surface area contributed by atoms with Crippen molar-refractivity contribution in [2.24, 2.45) is 0 Å². The van der Waals surface area contributed by atoms with Crippen molar-refractivity contribution < 1.29 is 9.21 Å². The number of Topliss-reactive ketones (excluding diaryl/α,β-unsaturated/α-hetero) is 1. The van der Waals surface area contributed by atoms with Crippen LogP contribution in [0.4, 0.5) is 0 Å². The molecule has 0 fully saturated rings. The Kier molecular flexibility index (Phi) is 3.73.